The summed E-state index contributed by atoms with van der Waals surface area (Å²) in [5, 5.41) is 17.8. The summed E-state index contributed by atoms with van der Waals surface area (Å²) in [6.07, 6.45) is 2.94. The van der Waals surface area contributed by atoms with Crippen LogP contribution in [-0.2, 0) is 11.3 Å². The van der Waals surface area contributed by atoms with Gasteiger partial charge in [-0.25, -0.2) is 4.90 Å². The average molecular weight is 466 g/mol. The van der Waals surface area contributed by atoms with Gasteiger partial charge in [0.25, 0.3) is 5.91 Å². The summed E-state index contributed by atoms with van der Waals surface area (Å²) in [6, 6.07) is 12.4. The Bertz CT molecular complexity index is 1290. The van der Waals surface area contributed by atoms with E-state index < -0.39 is 10.9 Å². The van der Waals surface area contributed by atoms with Crippen molar-refractivity contribution in [1.29, 1.82) is 0 Å². The van der Waals surface area contributed by atoms with Gasteiger partial charge < -0.3 is 24.9 Å². The molecule has 11 nitrogen and oxygen atoms in total. The Labute approximate surface area is 193 Å². The molecule has 0 aliphatic carbocycles. The van der Waals surface area contributed by atoms with Gasteiger partial charge in [-0.15, -0.1) is 0 Å². The third-order valence-corrected chi connectivity index (χ3v) is 5.12. The van der Waals surface area contributed by atoms with Gasteiger partial charge in [-0.3, -0.25) is 4.79 Å². The Hall–Kier alpha value is -4.32. The number of nitro groups is 1. The van der Waals surface area contributed by atoms with Gasteiger partial charge in [-0.05, 0) is 53.0 Å². The lowest BCUT2D eigenvalue weighted by molar-refractivity contribution is -0.394. The zero-order valence-electron chi connectivity index (χ0n) is 17.6. The SMILES string of the molecule is COc1ccc(/C=C2\NC(=S)N(c3ccccc3OC)C2=O)cc1Cn1cnc([N+](=O)[O-])n1. The number of methoxy groups -OCH3 is 2. The molecule has 1 saturated heterocycles. The highest BCUT2D eigenvalue weighted by Crippen LogP contribution is 2.31. The van der Waals surface area contributed by atoms with Crippen molar-refractivity contribution in [3.8, 4) is 11.5 Å². The first kappa shape index (κ1) is 21.9. The Morgan fingerprint density at radius 1 is 1.18 bits per heavy atom. The van der Waals surface area contributed by atoms with Crippen molar-refractivity contribution >= 4 is 40.9 Å². The van der Waals surface area contributed by atoms with E-state index in [0.717, 1.165) is 0 Å². The van der Waals surface area contributed by atoms with Crippen LogP contribution in [-0.4, -0.2) is 44.9 Å². The molecule has 1 amide bonds. The van der Waals surface area contributed by atoms with Gasteiger partial charge in [-0.2, -0.15) is 4.68 Å². The molecule has 0 bridgehead atoms. The molecule has 0 spiro atoms. The first-order chi connectivity index (χ1) is 15.9. The quantitative estimate of drug-likeness (QED) is 0.242. The van der Waals surface area contributed by atoms with Gasteiger partial charge >= 0.3 is 5.95 Å². The average Bonchev–Trinajstić information content (AvgIpc) is 3.38. The van der Waals surface area contributed by atoms with Crippen molar-refractivity contribution in [1.82, 2.24) is 20.1 Å². The predicted molar refractivity (Wildman–Crippen MR) is 123 cm³/mol. The highest BCUT2D eigenvalue weighted by molar-refractivity contribution is 7.80. The normalized spacial score (nSPS) is 14.5. The van der Waals surface area contributed by atoms with E-state index in [9.17, 15) is 14.9 Å². The summed E-state index contributed by atoms with van der Waals surface area (Å²) >= 11 is 5.38. The summed E-state index contributed by atoms with van der Waals surface area (Å²) in [7, 11) is 3.04. The number of thiocarbonyl (C=S) groups is 1. The lowest BCUT2D eigenvalue weighted by Gasteiger charge is -2.17. The lowest BCUT2D eigenvalue weighted by atomic mass is 10.1. The molecule has 12 heteroatoms. The molecule has 1 aliphatic heterocycles. The fraction of sp³-hybridized carbons (Fsp3) is 0.143. The minimum atomic E-state index is -0.664. The zero-order chi connectivity index (χ0) is 23.5. The summed E-state index contributed by atoms with van der Waals surface area (Å²) < 4.78 is 12.1. The molecule has 33 heavy (non-hydrogen) atoms. The van der Waals surface area contributed by atoms with Gasteiger partial charge in [0.1, 0.15) is 17.2 Å². The number of aromatic nitrogens is 3. The highest BCUT2D eigenvalue weighted by atomic mass is 32.1. The van der Waals surface area contributed by atoms with Gasteiger partial charge in [0.2, 0.25) is 6.33 Å². The second-order valence-electron chi connectivity index (χ2n) is 6.87. The largest absolute Gasteiger partial charge is 0.496 e. The molecular formula is C21H18N6O5S. The van der Waals surface area contributed by atoms with Crippen LogP contribution < -0.4 is 19.7 Å². The molecule has 168 valence electrons. The van der Waals surface area contributed by atoms with E-state index in [4.69, 9.17) is 21.7 Å². The van der Waals surface area contributed by atoms with Crippen LogP contribution in [0.25, 0.3) is 6.08 Å². The first-order valence-electron chi connectivity index (χ1n) is 9.62. The number of anilines is 1. The van der Waals surface area contributed by atoms with Crippen LogP contribution >= 0.6 is 12.2 Å². The van der Waals surface area contributed by atoms with E-state index in [0.29, 0.717) is 34.0 Å². The molecule has 1 N–H and O–H groups in total. The zero-order valence-corrected chi connectivity index (χ0v) is 18.4. The maximum Gasteiger partial charge on any atom is 0.490 e. The molecule has 1 fully saturated rings. The number of ether oxygens (including phenoxy) is 2. The third kappa shape index (κ3) is 4.36. The summed E-state index contributed by atoms with van der Waals surface area (Å²) in [5.74, 6) is 0.267. The fourth-order valence-electron chi connectivity index (χ4n) is 3.37. The number of hydrogen-bond donors (Lipinski definition) is 1. The molecule has 2 aromatic carbocycles. The summed E-state index contributed by atoms with van der Waals surface area (Å²) in [4.78, 5) is 28.3. The maximum absolute atomic E-state index is 13.1. The topological polar surface area (TPSA) is 125 Å². The third-order valence-electron chi connectivity index (χ3n) is 4.84. The fourth-order valence-corrected chi connectivity index (χ4v) is 3.66. The Balaban J connectivity index is 1.63. The van der Waals surface area contributed by atoms with E-state index in [2.05, 4.69) is 15.4 Å². The van der Waals surface area contributed by atoms with Crippen molar-refractivity contribution in [3.63, 3.8) is 0 Å². The van der Waals surface area contributed by atoms with E-state index >= 15 is 0 Å². The van der Waals surface area contributed by atoms with Crippen molar-refractivity contribution in [2.45, 2.75) is 6.54 Å². The van der Waals surface area contributed by atoms with Gasteiger partial charge in [0.15, 0.2) is 5.11 Å². The molecule has 3 aromatic rings. The van der Waals surface area contributed by atoms with Crippen molar-refractivity contribution < 1.29 is 19.2 Å². The lowest BCUT2D eigenvalue weighted by Crippen LogP contribution is -2.30. The minimum Gasteiger partial charge on any atom is -0.496 e. The van der Waals surface area contributed by atoms with Crippen molar-refractivity contribution in [2.75, 3.05) is 19.1 Å². The van der Waals surface area contributed by atoms with Gasteiger partial charge in [0.05, 0.1) is 26.5 Å². The second kappa shape index (κ2) is 9.04. The van der Waals surface area contributed by atoms with Crippen LogP contribution in [0.5, 0.6) is 11.5 Å². The van der Waals surface area contributed by atoms with Gasteiger partial charge in [-0.1, -0.05) is 23.2 Å². The predicted octanol–water partition coefficient (Wildman–Crippen LogP) is 2.51. The molecule has 1 aromatic heterocycles. The molecule has 0 unspecified atom stereocenters. The van der Waals surface area contributed by atoms with Crippen molar-refractivity contribution in [2.24, 2.45) is 0 Å². The number of nitrogens with one attached hydrogen (secondary N) is 1. The van der Waals surface area contributed by atoms with Crippen LogP contribution in [0.2, 0.25) is 0 Å². The summed E-state index contributed by atoms with van der Waals surface area (Å²) in [5.41, 5.74) is 2.22. The van der Waals surface area contributed by atoms with Crippen molar-refractivity contribution in [3.05, 3.63) is 75.7 Å². The number of para-hydroxylation sites is 2. The monoisotopic (exact) mass is 466 g/mol. The van der Waals surface area contributed by atoms with E-state index in [-0.39, 0.29) is 17.6 Å². The van der Waals surface area contributed by atoms with Gasteiger partial charge in [0, 0.05) is 10.7 Å². The van der Waals surface area contributed by atoms with Crippen LogP contribution in [0.4, 0.5) is 11.6 Å². The minimum absolute atomic E-state index is 0.189. The highest BCUT2D eigenvalue weighted by Gasteiger charge is 2.33. The molecular weight excluding hydrogens is 448 g/mol. The number of carbonyl (C=O) groups excluding carboxylic acids is 1. The number of amides is 1. The molecule has 0 radical (unpaired) electrons. The number of carbonyl (C=O) groups is 1. The number of benzene rings is 2. The molecule has 0 atom stereocenters. The second-order valence-corrected chi connectivity index (χ2v) is 7.26. The first-order valence-corrected chi connectivity index (χ1v) is 10.0. The Morgan fingerprint density at radius 2 is 1.94 bits per heavy atom. The van der Waals surface area contributed by atoms with E-state index in [1.165, 1.54) is 30.1 Å². The van der Waals surface area contributed by atoms with Crippen LogP contribution in [0, 0.1) is 10.1 Å². The van der Waals surface area contributed by atoms with Crippen LogP contribution in [0.15, 0.2) is 54.5 Å². The summed E-state index contributed by atoms with van der Waals surface area (Å²) in [6.45, 7) is 0.189. The maximum atomic E-state index is 13.1. The Kier molecular flexibility index (Phi) is 6.00. The number of nitrogens with zero attached hydrogens (tertiary/aromatic N) is 5. The number of rotatable bonds is 7. The standard InChI is InChI=1S/C21H18N6O5S/c1-31-17-8-7-13(9-14(17)11-25-12-22-20(24-25)27(29)30)10-15-19(28)26(21(33)23-15)16-5-3-4-6-18(16)32-2/h3-10,12H,11H2,1-2H3,(H,23,33)/b15-10-. The molecule has 2 heterocycles. The molecule has 1 aliphatic rings. The van der Waals surface area contributed by atoms with Crippen LogP contribution in [0.1, 0.15) is 11.1 Å². The van der Waals surface area contributed by atoms with E-state index in [1.807, 2.05) is 0 Å². The smallest absolute Gasteiger partial charge is 0.490 e. The molecule has 4 rings (SSSR count). The number of hydrogen-bond acceptors (Lipinski definition) is 8. The molecule has 0 saturated carbocycles. The Morgan fingerprint density at radius 3 is 2.64 bits per heavy atom. The van der Waals surface area contributed by atoms with Crippen LogP contribution in [0.3, 0.4) is 0 Å². The van der Waals surface area contributed by atoms with E-state index in [1.54, 1.807) is 48.5 Å².